The van der Waals surface area contributed by atoms with Gasteiger partial charge in [0.1, 0.15) is 16.5 Å². The third-order valence-corrected chi connectivity index (χ3v) is 7.51. The number of rotatable bonds is 6. The summed E-state index contributed by atoms with van der Waals surface area (Å²) in [4.78, 5) is 31.6. The molecule has 10 nitrogen and oxygen atoms in total. The number of halogens is 1. The molecule has 1 saturated heterocycles. The summed E-state index contributed by atoms with van der Waals surface area (Å²) in [5.74, 6) is -1.42. The average molecular weight is 524 g/mol. The van der Waals surface area contributed by atoms with Crippen molar-refractivity contribution < 1.29 is 27.5 Å². The van der Waals surface area contributed by atoms with Crippen LogP contribution in [-0.2, 0) is 10.0 Å². The van der Waals surface area contributed by atoms with Crippen LogP contribution >= 0.6 is 0 Å². The Balaban J connectivity index is 1.40. The van der Waals surface area contributed by atoms with Crippen LogP contribution in [0.3, 0.4) is 0 Å². The van der Waals surface area contributed by atoms with Gasteiger partial charge in [-0.1, -0.05) is 30.4 Å². The minimum absolute atomic E-state index is 0.0643. The van der Waals surface area contributed by atoms with Gasteiger partial charge < -0.3 is 10.4 Å². The lowest BCUT2D eigenvalue weighted by Gasteiger charge is -2.41. The number of aromatic nitrogens is 1. The summed E-state index contributed by atoms with van der Waals surface area (Å²) in [5.41, 5.74) is -0.163. The number of carboxylic acid groups (broad SMARTS) is 1. The Kier molecular flexibility index (Phi) is 6.36. The van der Waals surface area contributed by atoms with Crippen molar-refractivity contribution in [1.29, 1.82) is 0 Å². The zero-order valence-corrected chi connectivity index (χ0v) is 20.2. The number of hydrogen-bond donors (Lipinski definition) is 3. The van der Waals surface area contributed by atoms with Gasteiger partial charge >= 0.3 is 6.09 Å². The van der Waals surface area contributed by atoms with Crippen LogP contribution in [0.15, 0.2) is 83.7 Å². The van der Waals surface area contributed by atoms with E-state index in [1.807, 2.05) is 0 Å². The molecular formula is C25H22FN5O5S. The summed E-state index contributed by atoms with van der Waals surface area (Å²) in [6.45, 7) is 0.995. The Hall–Kier alpha value is -4.29. The van der Waals surface area contributed by atoms with Crippen LogP contribution in [0.4, 0.5) is 14.9 Å². The number of fused-ring (bicyclic) bond motifs is 1. The van der Waals surface area contributed by atoms with Crippen molar-refractivity contribution in [2.75, 3.05) is 24.4 Å². The largest absolute Gasteiger partial charge is 0.465 e. The minimum atomic E-state index is -4.20. The zero-order valence-electron chi connectivity index (χ0n) is 19.3. The number of amides is 2. The molecule has 5 rings (SSSR count). The van der Waals surface area contributed by atoms with Gasteiger partial charge in [0.15, 0.2) is 0 Å². The van der Waals surface area contributed by atoms with E-state index >= 15 is 4.39 Å². The van der Waals surface area contributed by atoms with Gasteiger partial charge in [-0.15, -0.1) is 0 Å². The van der Waals surface area contributed by atoms with E-state index in [0.717, 1.165) is 17.0 Å². The summed E-state index contributed by atoms with van der Waals surface area (Å²) >= 11 is 0. The number of benzene rings is 2. The lowest BCUT2D eigenvalue weighted by Crippen LogP contribution is -2.60. The van der Waals surface area contributed by atoms with E-state index in [2.05, 4.69) is 15.0 Å². The molecule has 1 aromatic heterocycles. The van der Waals surface area contributed by atoms with Crippen molar-refractivity contribution in [3.8, 4) is 0 Å². The molecule has 3 aromatic rings. The highest BCUT2D eigenvalue weighted by atomic mass is 32.2. The lowest BCUT2D eigenvalue weighted by molar-refractivity contribution is 0.0696. The summed E-state index contributed by atoms with van der Waals surface area (Å²) < 4.78 is 43.4. The van der Waals surface area contributed by atoms with Gasteiger partial charge in [-0.05, 0) is 36.4 Å². The minimum Gasteiger partial charge on any atom is -0.465 e. The summed E-state index contributed by atoms with van der Waals surface area (Å²) in [6, 6.07) is 11.1. The molecule has 190 valence electrons. The molecule has 0 atom stereocenters. The molecule has 0 saturated carbocycles. The normalized spacial score (nSPS) is 15.7. The number of anilines is 1. The van der Waals surface area contributed by atoms with Crippen LogP contribution in [0.5, 0.6) is 0 Å². The molecule has 12 heteroatoms. The fourth-order valence-corrected chi connectivity index (χ4v) is 5.43. The molecule has 0 aliphatic carbocycles. The maximum atomic E-state index is 15.1. The number of para-hydroxylation sites is 1. The number of nitrogens with zero attached hydrogens (tertiary/aromatic N) is 3. The molecule has 0 radical (unpaired) electrons. The zero-order chi connectivity index (χ0) is 26.2. The number of carbonyl (C=O) groups is 2. The summed E-state index contributed by atoms with van der Waals surface area (Å²) in [5, 5.41) is 13.4. The van der Waals surface area contributed by atoms with Gasteiger partial charge in [0.2, 0.25) is 0 Å². The van der Waals surface area contributed by atoms with E-state index in [0.29, 0.717) is 18.5 Å². The van der Waals surface area contributed by atoms with Crippen molar-refractivity contribution >= 4 is 38.6 Å². The number of sulfonamides is 1. The van der Waals surface area contributed by atoms with E-state index in [4.69, 9.17) is 0 Å². The second-order valence-corrected chi connectivity index (χ2v) is 10.1. The average Bonchev–Trinajstić information content (AvgIpc) is 2.86. The number of carbonyl (C=O) groups excluding carboxylic acids is 1. The highest BCUT2D eigenvalue weighted by molar-refractivity contribution is 7.93. The Morgan fingerprint density at radius 2 is 1.95 bits per heavy atom. The van der Waals surface area contributed by atoms with Crippen molar-refractivity contribution in [1.82, 2.24) is 20.1 Å². The highest BCUT2D eigenvalue weighted by Gasteiger charge is 2.36. The third kappa shape index (κ3) is 4.63. The molecule has 37 heavy (non-hydrogen) atoms. The molecular weight excluding hydrogens is 501 g/mol. The summed E-state index contributed by atoms with van der Waals surface area (Å²) in [6.07, 6.45) is 5.11. The highest BCUT2D eigenvalue weighted by Crippen LogP contribution is 2.27. The molecule has 3 N–H and O–H groups in total. The van der Waals surface area contributed by atoms with Gasteiger partial charge in [-0.3, -0.25) is 24.3 Å². The monoisotopic (exact) mass is 523 g/mol. The maximum Gasteiger partial charge on any atom is 0.413 e. The first kappa shape index (κ1) is 24.4. The Morgan fingerprint density at radius 1 is 1.16 bits per heavy atom. The van der Waals surface area contributed by atoms with Crippen molar-refractivity contribution in [2.45, 2.75) is 10.9 Å². The van der Waals surface area contributed by atoms with Crippen LogP contribution in [0.25, 0.3) is 10.9 Å². The smallest absolute Gasteiger partial charge is 0.413 e. The van der Waals surface area contributed by atoms with Crippen LogP contribution < -0.4 is 10.0 Å². The van der Waals surface area contributed by atoms with Crippen molar-refractivity contribution in [3.63, 3.8) is 0 Å². The first-order valence-corrected chi connectivity index (χ1v) is 12.8. The van der Waals surface area contributed by atoms with Gasteiger partial charge in [-0.2, -0.15) is 0 Å². The second-order valence-electron chi connectivity index (χ2n) is 8.46. The quantitative estimate of drug-likeness (QED) is 0.453. The molecule has 2 aliphatic heterocycles. The molecule has 2 aliphatic rings. The summed E-state index contributed by atoms with van der Waals surface area (Å²) in [7, 11) is -4.20. The number of hydrogen-bond acceptors (Lipinski definition) is 6. The topological polar surface area (TPSA) is 132 Å². The predicted molar refractivity (Wildman–Crippen MR) is 134 cm³/mol. The van der Waals surface area contributed by atoms with Gasteiger partial charge in [0, 0.05) is 36.8 Å². The van der Waals surface area contributed by atoms with Crippen LogP contribution in [0.1, 0.15) is 10.4 Å². The first-order chi connectivity index (χ1) is 17.8. The number of pyridine rings is 1. The Labute approximate surface area is 211 Å². The van der Waals surface area contributed by atoms with Crippen molar-refractivity contribution in [2.24, 2.45) is 0 Å². The predicted octanol–water partition coefficient (Wildman–Crippen LogP) is 2.98. The van der Waals surface area contributed by atoms with E-state index in [9.17, 15) is 23.1 Å². The molecule has 3 heterocycles. The molecule has 2 amide bonds. The standard InChI is InChI=1S/C25H22FN5O5S/c26-19-13-17(24(32)30-12-2-1-8-22(30)31(25(33)34)18-14-27-15-18)9-10-20(19)29-37(35,36)21-7-3-5-16-6-4-11-28-23(16)21/h1-11,13,18,27,29H,12,14-15H2,(H,33,34). The van der Waals surface area contributed by atoms with Gasteiger partial charge in [-0.25, -0.2) is 17.6 Å². The molecule has 0 unspecified atom stereocenters. The second kappa shape index (κ2) is 9.64. The molecule has 0 bridgehead atoms. The number of nitrogens with one attached hydrogen (secondary N) is 2. The van der Waals surface area contributed by atoms with E-state index in [-0.39, 0.29) is 40.1 Å². The maximum absolute atomic E-state index is 15.1. The van der Waals surface area contributed by atoms with E-state index < -0.39 is 27.8 Å². The Bertz CT molecular complexity index is 1560. The molecule has 0 spiro atoms. The molecule has 2 aromatic carbocycles. The van der Waals surface area contributed by atoms with Crippen LogP contribution in [0, 0.1) is 5.82 Å². The molecule has 1 fully saturated rings. The van der Waals surface area contributed by atoms with Gasteiger partial charge in [0.05, 0.1) is 17.2 Å². The van der Waals surface area contributed by atoms with Crippen molar-refractivity contribution in [3.05, 3.63) is 90.2 Å². The first-order valence-electron chi connectivity index (χ1n) is 11.3. The fourth-order valence-electron chi connectivity index (χ4n) is 4.18. The third-order valence-electron chi connectivity index (χ3n) is 6.11. The van der Waals surface area contributed by atoms with Crippen LogP contribution in [-0.4, -0.2) is 66.0 Å². The SMILES string of the molecule is O=C(c1ccc(NS(=O)(=O)c2cccc3cccnc23)c(F)c1)N1CC=CC=C1N(C(=O)O)C1CNC1. The van der Waals surface area contributed by atoms with Crippen LogP contribution in [0.2, 0.25) is 0 Å². The van der Waals surface area contributed by atoms with E-state index in [1.54, 1.807) is 36.4 Å². The van der Waals surface area contributed by atoms with E-state index in [1.165, 1.54) is 29.3 Å². The Morgan fingerprint density at radius 3 is 2.65 bits per heavy atom. The fraction of sp³-hybridized carbons (Fsp3) is 0.160. The lowest BCUT2D eigenvalue weighted by atomic mass is 10.1. The number of allylic oxidation sites excluding steroid dienone is 2. The van der Waals surface area contributed by atoms with Gasteiger partial charge in [0.25, 0.3) is 15.9 Å².